The molecule has 0 saturated carbocycles. The number of benzene rings is 1. The van der Waals surface area contributed by atoms with Gasteiger partial charge in [-0.2, -0.15) is 0 Å². The number of nitrogens with zero attached hydrogens (tertiary/aromatic N) is 1. The van der Waals surface area contributed by atoms with Crippen LogP contribution in [0.25, 0.3) is 0 Å². The SMILES string of the molecule is CC1(C)CCN(CCOc2ccccc2CN)C1. The van der Waals surface area contributed by atoms with Gasteiger partial charge in [-0.1, -0.05) is 32.0 Å². The molecular formula is C15H24N2O. The summed E-state index contributed by atoms with van der Waals surface area (Å²) in [6.07, 6.45) is 1.28. The third kappa shape index (κ3) is 3.47. The average molecular weight is 248 g/mol. The molecule has 1 fully saturated rings. The van der Waals surface area contributed by atoms with Crippen molar-refractivity contribution in [3.05, 3.63) is 29.8 Å². The Bertz CT molecular complexity index is 390. The Hall–Kier alpha value is -1.06. The van der Waals surface area contributed by atoms with Gasteiger partial charge in [0.15, 0.2) is 0 Å². The Morgan fingerprint density at radius 1 is 1.33 bits per heavy atom. The molecule has 1 heterocycles. The van der Waals surface area contributed by atoms with Gasteiger partial charge in [-0.05, 0) is 24.4 Å². The largest absolute Gasteiger partial charge is 0.492 e. The van der Waals surface area contributed by atoms with Gasteiger partial charge >= 0.3 is 0 Å². The zero-order valence-electron chi connectivity index (χ0n) is 11.5. The molecule has 2 N–H and O–H groups in total. The Morgan fingerprint density at radius 2 is 2.11 bits per heavy atom. The van der Waals surface area contributed by atoms with Crippen molar-refractivity contribution in [3.8, 4) is 5.75 Å². The summed E-state index contributed by atoms with van der Waals surface area (Å²) in [6, 6.07) is 8.01. The highest BCUT2D eigenvalue weighted by molar-refractivity contribution is 5.32. The van der Waals surface area contributed by atoms with E-state index in [-0.39, 0.29) is 0 Å². The quantitative estimate of drug-likeness (QED) is 0.868. The topological polar surface area (TPSA) is 38.5 Å². The highest BCUT2D eigenvalue weighted by Crippen LogP contribution is 2.28. The van der Waals surface area contributed by atoms with Crippen molar-refractivity contribution in [3.63, 3.8) is 0 Å². The first kappa shape index (κ1) is 13.4. The minimum atomic E-state index is 0.467. The van der Waals surface area contributed by atoms with E-state index in [1.54, 1.807) is 0 Å². The van der Waals surface area contributed by atoms with E-state index in [0.29, 0.717) is 12.0 Å². The minimum Gasteiger partial charge on any atom is -0.492 e. The number of hydrogen-bond donors (Lipinski definition) is 1. The number of nitrogens with two attached hydrogens (primary N) is 1. The molecule has 0 unspecified atom stereocenters. The van der Waals surface area contributed by atoms with Crippen molar-refractivity contribution in [1.29, 1.82) is 0 Å². The van der Waals surface area contributed by atoms with Crippen LogP contribution in [-0.4, -0.2) is 31.1 Å². The van der Waals surface area contributed by atoms with Gasteiger partial charge in [0.1, 0.15) is 12.4 Å². The van der Waals surface area contributed by atoms with Gasteiger partial charge in [-0.3, -0.25) is 4.90 Å². The fourth-order valence-electron chi connectivity index (χ4n) is 2.51. The highest BCUT2D eigenvalue weighted by atomic mass is 16.5. The molecular weight excluding hydrogens is 224 g/mol. The summed E-state index contributed by atoms with van der Waals surface area (Å²) in [5.41, 5.74) is 7.24. The predicted molar refractivity (Wildman–Crippen MR) is 74.7 cm³/mol. The molecule has 3 heteroatoms. The summed E-state index contributed by atoms with van der Waals surface area (Å²) in [5, 5.41) is 0. The molecule has 1 aromatic rings. The van der Waals surface area contributed by atoms with Gasteiger partial charge in [-0.15, -0.1) is 0 Å². The lowest BCUT2D eigenvalue weighted by atomic mass is 9.93. The normalized spacial score (nSPS) is 19.1. The lowest BCUT2D eigenvalue weighted by molar-refractivity contribution is 0.221. The molecule has 3 nitrogen and oxygen atoms in total. The summed E-state index contributed by atoms with van der Waals surface area (Å²) in [4.78, 5) is 2.48. The van der Waals surface area contributed by atoms with Crippen molar-refractivity contribution in [1.82, 2.24) is 4.90 Å². The Kier molecular flexibility index (Phi) is 4.25. The molecule has 18 heavy (non-hydrogen) atoms. The van der Waals surface area contributed by atoms with E-state index in [2.05, 4.69) is 18.7 Å². The zero-order valence-corrected chi connectivity index (χ0v) is 11.5. The maximum atomic E-state index is 5.84. The number of hydrogen-bond acceptors (Lipinski definition) is 3. The molecule has 0 amide bonds. The van der Waals surface area contributed by atoms with Gasteiger partial charge < -0.3 is 10.5 Å². The van der Waals surface area contributed by atoms with Crippen LogP contribution in [-0.2, 0) is 6.54 Å². The number of likely N-dealkylation sites (tertiary alicyclic amines) is 1. The van der Waals surface area contributed by atoms with Crippen LogP contribution in [0.15, 0.2) is 24.3 Å². The molecule has 0 spiro atoms. The van der Waals surface area contributed by atoms with E-state index in [1.165, 1.54) is 19.5 Å². The second-order valence-corrected chi connectivity index (χ2v) is 5.85. The first-order chi connectivity index (χ1) is 8.61. The number of para-hydroxylation sites is 1. The van der Waals surface area contributed by atoms with Gasteiger partial charge in [0.2, 0.25) is 0 Å². The Labute approximate surface area is 110 Å². The zero-order chi connectivity index (χ0) is 13.0. The van der Waals surface area contributed by atoms with E-state index < -0.39 is 0 Å². The third-order valence-corrected chi connectivity index (χ3v) is 3.61. The van der Waals surface area contributed by atoms with Crippen molar-refractivity contribution >= 4 is 0 Å². The summed E-state index contributed by atoms with van der Waals surface area (Å²) in [7, 11) is 0. The second kappa shape index (κ2) is 5.72. The smallest absolute Gasteiger partial charge is 0.123 e. The molecule has 0 aromatic heterocycles. The van der Waals surface area contributed by atoms with E-state index in [9.17, 15) is 0 Å². The number of ether oxygens (including phenoxy) is 1. The molecule has 0 aliphatic carbocycles. The van der Waals surface area contributed by atoms with Gasteiger partial charge in [0, 0.05) is 25.2 Å². The van der Waals surface area contributed by atoms with Crippen LogP contribution in [0.4, 0.5) is 0 Å². The van der Waals surface area contributed by atoms with Crippen molar-refractivity contribution in [2.45, 2.75) is 26.8 Å². The maximum Gasteiger partial charge on any atom is 0.123 e. The van der Waals surface area contributed by atoms with E-state index >= 15 is 0 Å². The molecule has 0 atom stereocenters. The van der Waals surface area contributed by atoms with Crippen molar-refractivity contribution < 1.29 is 4.74 Å². The monoisotopic (exact) mass is 248 g/mol. The van der Waals surface area contributed by atoms with Crippen LogP contribution >= 0.6 is 0 Å². The summed E-state index contributed by atoms with van der Waals surface area (Å²) in [5.74, 6) is 0.929. The standard InChI is InChI=1S/C15H24N2O/c1-15(2)7-8-17(12-15)9-10-18-14-6-4-3-5-13(14)11-16/h3-6H,7-12,16H2,1-2H3. The molecule has 1 aliphatic heterocycles. The van der Waals surface area contributed by atoms with Crippen LogP contribution in [0.5, 0.6) is 5.75 Å². The van der Waals surface area contributed by atoms with Crippen LogP contribution < -0.4 is 10.5 Å². The average Bonchev–Trinajstić information content (AvgIpc) is 2.69. The fraction of sp³-hybridized carbons (Fsp3) is 0.600. The van der Waals surface area contributed by atoms with Crippen LogP contribution in [0.1, 0.15) is 25.8 Å². The summed E-state index contributed by atoms with van der Waals surface area (Å²) < 4.78 is 5.84. The van der Waals surface area contributed by atoms with E-state index in [4.69, 9.17) is 10.5 Å². The van der Waals surface area contributed by atoms with Gasteiger partial charge in [0.05, 0.1) is 0 Å². The van der Waals surface area contributed by atoms with Crippen LogP contribution in [0.3, 0.4) is 0 Å². The summed E-state index contributed by atoms with van der Waals surface area (Å²) in [6.45, 7) is 9.31. The van der Waals surface area contributed by atoms with Gasteiger partial charge in [-0.25, -0.2) is 0 Å². The van der Waals surface area contributed by atoms with E-state index in [0.717, 1.165) is 24.5 Å². The third-order valence-electron chi connectivity index (χ3n) is 3.61. The van der Waals surface area contributed by atoms with Gasteiger partial charge in [0.25, 0.3) is 0 Å². The molecule has 100 valence electrons. The maximum absolute atomic E-state index is 5.84. The molecule has 1 aromatic carbocycles. The fourth-order valence-corrected chi connectivity index (χ4v) is 2.51. The Morgan fingerprint density at radius 3 is 2.78 bits per heavy atom. The van der Waals surface area contributed by atoms with Crippen molar-refractivity contribution in [2.24, 2.45) is 11.1 Å². The lowest BCUT2D eigenvalue weighted by Gasteiger charge is -2.20. The second-order valence-electron chi connectivity index (χ2n) is 5.85. The molecule has 1 saturated heterocycles. The Balaban J connectivity index is 1.79. The first-order valence-electron chi connectivity index (χ1n) is 6.74. The summed E-state index contributed by atoms with van der Waals surface area (Å²) >= 11 is 0. The molecule has 1 aliphatic rings. The molecule has 2 rings (SSSR count). The lowest BCUT2D eigenvalue weighted by Crippen LogP contribution is -2.28. The van der Waals surface area contributed by atoms with E-state index in [1.807, 2.05) is 24.3 Å². The first-order valence-corrected chi connectivity index (χ1v) is 6.74. The molecule has 0 bridgehead atoms. The predicted octanol–water partition coefficient (Wildman–Crippen LogP) is 2.26. The minimum absolute atomic E-state index is 0.467. The number of rotatable bonds is 5. The highest BCUT2D eigenvalue weighted by Gasteiger charge is 2.28. The molecule has 0 radical (unpaired) electrons. The van der Waals surface area contributed by atoms with Crippen LogP contribution in [0.2, 0.25) is 0 Å². The van der Waals surface area contributed by atoms with Crippen molar-refractivity contribution in [2.75, 3.05) is 26.2 Å². The van der Waals surface area contributed by atoms with Crippen LogP contribution in [0, 0.1) is 5.41 Å².